The van der Waals surface area contributed by atoms with Crippen LogP contribution in [0.2, 0.25) is 0 Å². The van der Waals surface area contributed by atoms with Gasteiger partial charge in [0.2, 0.25) is 5.95 Å². The van der Waals surface area contributed by atoms with Gasteiger partial charge in [-0.3, -0.25) is 0 Å². The molecule has 0 aromatic carbocycles. The highest BCUT2D eigenvalue weighted by Gasteiger charge is 2.11. The normalized spacial score (nSPS) is 16.6. The van der Waals surface area contributed by atoms with E-state index in [4.69, 9.17) is 4.74 Å². The van der Waals surface area contributed by atoms with E-state index < -0.39 is 0 Å². The topological polar surface area (TPSA) is 50.3 Å². The lowest BCUT2D eigenvalue weighted by atomic mass is 10.4. The van der Waals surface area contributed by atoms with Crippen molar-refractivity contribution in [1.29, 1.82) is 0 Å². The molecular weight excluding hydrogens is 216 g/mol. The third kappa shape index (κ3) is 3.56. The lowest BCUT2D eigenvalue weighted by molar-refractivity contribution is 0.152. The van der Waals surface area contributed by atoms with Gasteiger partial charge in [0.25, 0.3) is 0 Å². The molecule has 1 aromatic rings. The molecule has 2 rings (SSSR count). The van der Waals surface area contributed by atoms with Gasteiger partial charge in [-0.2, -0.15) is 4.98 Å². The van der Waals surface area contributed by atoms with Crippen molar-refractivity contribution in [2.24, 2.45) is 0 Å². The Morgan fingerprint density at radius 1 is 1.41 bits per heavy atom. The van der Waals surface area contributed by atoms with E-state index in [2.05, 4.69) is 27.1 Å². The second kappa shape index (κ2) is 6.39. The number of ether oxygens (including phenoxy) is 1. The maximum absolute atomic E-state index is 5.44. The first kappa shape index (κ1) is 12.1. The largest absolute Gasteiger partial charge is 0.380 e. The molecule has 0 unspecified atom stereocenters. The average Bonchev–Trinajstić information content (AvgIpc) is 2.65. The van der Waals surface area contributed by atoms with Crippen molar-refractivity contribution in [3.05, 3.63) is 12.3 Å². The van der Waals surface area contributed by atoms with Crippen LogP contribution >= 0.6 is 0 Å². The Hall–Kier alpha value is -1.36. The maximum atomic E-state index is 5.44. The molecule has 1 fully saturated rings. The van der Waals surface area contributed by atoms with E-state index in [1.165, 1.54) is 0 Å². The van der Waals surface area contributed by atoms with Crippen LogP contribution < -0.4 is 10.2 Å². The molecule has 17 heavy (non-hydrogen) atoms. The van der Waals surface area contributed by atoms with E-state index in [1.807, 2.05) is 12.3 Å². The van der Waals surface area contributed by atoms with Crippen molar-refractivity contribution in [2.45, 2.75) is 19.8 Å². The molecule has 94 valence electrons. The predicted molar refractivity (Wildman–Crippen MR) is 68.5 cm³/mol. The number of aromatic nitrogens is 2. The minimum Gasteiger partial charge on any atom is -0.380 e. The van der Waals surface area contributed by atoms with Gasteiger partial charge in [0.15, 0.2) is 0 Å². The van der Waals surface area contributed by atoms with Gasteiger partial charge < -0.3 is 15.0 Å². The van der Waals surface area contributed by atoms with Crippen LogP contribution in [0.1, 0.15) is 19.8 Å². The summed E-state index contributed by atoms with van der Waals surface area (Å²) in [7, 11) is 0. The van der Waals surface area contributed by atoms with E-state index in [9.17, 15) is 0 Å². The van der Waals surface area contributed by atoms with E-state index in [0.717, 1.165) is 57.5 Å². The van der Waals surface area contributed by atoms with Gasteiger partial charge in [0.1, 0.15) is 5.82 Å². The van der Waals surface area contributed by atoms with Crippen molar-refractivity contribution >= 4 is 11.8 Å². The monoisotopic (exact) mass is 236 g/mol. The minimum atomic E-state index is 0.717. The molecular formula is C12H20N4O. The van der Waals surface area contributed by atoms with Crippen molar-refractivity contribution in [2.75, 3.05) is 43.1 Å². The minimum absolute atomic E-state index is 0.717. The quantitative estimate of drug-likeness (QED) is 0.859. The zero-order valence-corrected chi connectivity index (χ0v) is 10.4. The smallest absolute Gasteiger partial charge is 0.224 e. The lowest BCUT2D eigenvalue weighted by Gasteiger charge is -2.20. The van der Waals surface area contributed by atoms with E-state index >= 15 is 0 Å². The number of hydrogen-bond acceptors (Lipinski definition) is 5. The SMILES string of the molecule is CCCNc1nccc(N2CCCOCC2)n1. The van der Waals surface area contributed by atoms with Crippen molar-refractivity contribution in [3.8, 4) is 0 Å². The molecule has 0 aliphatic carbocycles. The zero-order valence-electron chi connectivity index (χ0n) is 10.4. The Kier molecular flexibility index (Phi) is 4.55. The van der Waals surface area contributed by atoms with Crippen LogP contribution in [0.3, 0.4) is 0 Å². The maximum Gasteiger partial charge on any atom is 0.224 e. The summed E-state index contributed by atoms with van der Waals surface area (Å²) in [5.41, 5.74) is 0. The molecule has 0 atom stereocenters. The number of nitrogens with zero attached hydrogens (tertiary/aromatic N) is 3. The number of anilines is 2. The Morgan fingerprint density at radius 2 is 2.35 bits per heavy atom. The fourth-order valence-electron chi connectivity index (χ4n) is 1.82. The molecule has 1 saturated heterocycles. The molecule has 2 heterocycles. The molecule has 1 aromatic heterocycles. The predicted octanol–water partition coefficient (Wildman–Crippen LogP) is 1.53. The summed E-state index contributed by atoms with van der Waals surface area (Å²) in [5, 5.41) is 3.21. The average molecular weight is 236 g/mol. The first-order chi connectivity index (χ1) is 8.40. The van der Waals surface area contributed by atoms with Gasteiger partial charge in [0.05, 0.1) is 6.61 Å². The van der Waals surface area contributed by atoms with Gasteiger partial charge in [0, 0.05) is 32.4 Å². The molecule has 0 bridgehead atoms. The van der Waals surface area contributed by atoms with Crippen LogP contribution in [0.25, 0.3) is 0 Å². The van der Waals surface area contributed by atoms with Gasteiger partial charge in [-0.05, 0) is 18.9 Å². The van der Waals surface area contributed by atoms with E-state index in [-0.39, 0.29) is 0 Å². The molecule has 0 amide bonds. The third-order valence-corrected chi connectivity index (χ3v) is 2.72. The summed E-state index contributed by atoms with van der Waals surface area (Å²) in [5.74, 6) is 1.71. The van der Waals surface area contributed by atoms with Crippen molar-refractivity contribution in [1.82, 2.24) is 9.97 Å². The lowest BCUT2D eigenvalue weighted by Crippen LogP contribution is -2.27. The van der Waals surface area contributed by atoms with Gasteiger partial charge in [-0.1, -0.05) is 6.92 Å². The van der Waals surface area contributed by atoms with Gasteiger partial charge in [-0.25, -0.2) is 4.98 Å². The van der Waals surface area contributed by atoms with Gasteiger partial charge >= 0.3 is 0 Å². The molecule has 0 saturated carbocycles. The van der Waals surface area contributed by atoms with Gasteiger partial charge in [-0.15, -0.1) is 0 Å². The highest BCUT2D eigenvalue weighted by molar-refractivity contribution is 5.42. The van der Waals surface area contributed by atoms with E-state index in [0.29, 0.717) is 0 Å². The summed E-state index contributed by atoms with van der Waals surface area (Å²) in [6, 6.07) is 1.96. The Labute approximate surface area is 102 Å². The molecule has 0 spiro atoms. The Morgan fingerprint density at radius 3 is 3.24 bits per heavy atom. The number of hydrogen-bond donors (Lipinski definition) is 1. The molecule has 1 aliphatic heterocycles. The van der Waals surface area contributed by atoms with Crippen LogP contribution in [0, 0.1) is 0 Å². The molecule has 5 nitrogen and oxygen atoms in total. The Bertz CT molecular complexity index is 337. The Balaban J connectivity index is 2.03. The third-order valence-electron chi connectivity index (χ3n) is 2.72. The summed E-state index contributed by atoms with van der Waals surface area (Å²) >= 11 is 0. The number of rotatable bonds is 4. The molecule has 1 N–H and O–H groups in total. The molecule has 0 radical (unpaired) electrons. The summed E-state index contributed by atoms with van der Waals surface area (Å²) < 4.78 is 5.44. The summed E-state index contributed by atoms with van der Waals surface area (Å²) in [6.45, 7) is 6.58. The highest BCUT2D eigenvalue weighted by atomic mass is 16.5. The van der Waals surface area contributed by atoms with E-state index in [1.54, 1.807) is 0 Å². The van der Waals surface area contributed by atoms with Crippen LogP contribution in [0.5, 0.6) is 0 Å². The first-order valence-electron chi connectivity index (χ1n) is 6.30. The standard InChI is InChI=1S/C12H20N4O/c1-2-5-13-12-14-6-4-11(15-12)16-7-3-9-17-10-8-16/h4,6H,2-3,5,7-10H2,1H3,(H,13,14,15). The second-order valence-corrected chi connectivity index (χ2v) is 4.12. The number of nitrogens with one attached hydrogen (secondary N) is 1. The fraction of sp³-hybridized carbons (Fsp3) is 0.667. The van der Waals surface area contributed by atoms with Crippen molar-refractivity contribution < 1.29 is 4.74 Å². The van der Waals surface area contributed by atoms with Crippen LogP contribution in [0.15, 0.2) is 12.3 Å². The van der Waals surface area contributed by atoms with Crippen LogP contribution in [0.4, 0.5) is 11.8 Å². The zero-order chi connectivity index (χ0) is 11.9. The summed E-state index contributed by atoms with van der Waals surface area (Å²) in [6.07, 6.45) is 3.94. The summed E-state index contributed by atoms with van der Waals surface area (Å²) in [4.78, 5) is 11.0. The van der Waals surface area contributed by atoms with Crippen LogP contribution in [-0.4, -0.2) is 42.8 Å². The van der Waals surface area contributed by atoms with Crippen LogP contribution in [-0.2, 0) is 4.74 Å². The fourth-order valence-corrected chi connectivity index (χ4v) is 1.82. The molecule has 1 aliphatic rings. The molecule has 5 heteroatoms. The second-order valence-electron chi connectivity index (χ2n) is 4.12. The first-order valence-corrected chi connectivity index (χ1v) is 6.30. The highest BCUT2D eigenvalue weighted by Crippen LogP contribution is 2.13. The van der Waals surface area contributed by atoms with Crippen molar-refractivity contribution in [3.63, 3.8) is 0 Å².